The third-order valence-corrected chi connectivity index (χ3v) is 4.95. The maximum Gasteiger partial charge on any atom is 0.124 e. The number of nitrogens with zero attached hydrogens (tertiary/aromatic N) is 3. The van der Waals surface area contributed by atoms with E-state index in [2.05, 4.69) is 20.9 Å². The van der Waals surface area contributed by atoms with Crippen LogP contribution in [0.5, 0.6) is 0 Å². The summed E-state index contributed by atoms with van der Waals surface area (Å²) in [5.41, 5.74) is 2.79. The van der Waals surface area contributed by atoms with Gasteiger partial charge in [0.05, 0.1) is 22.3 Å². The van der Waals surface area contributed by atoms with Crippen molar-refractivity contribution in [3.63, 3.8) is 0 Å². The van der Waals surface area contributed by atoms with Gasteiger partial charge in [-0.05, 0) is 42.9 Å². The molecule has 24 heavy (non-hydrogen) atoms. The molecule has 5 heteroatoms. The molecule has 0 unspecified atom stereocenters. The molecular weight excluding hydrogens is 321 g/mol. The van der Waals surface area contributed by atoms with Crippen LogP contribution in [0.1, 0.15) is 10.6 Å². The summed E-state index contributed by atoms with van der Waals surface area (Å²) in [7, 11) is 2.02. The Morgan fingerprint density at radius 3 is 2.83 bits per heavy atom. The quantitative estimate of drug-likeness (QED) is 0.544. The molecule has 2 heterocycles. The zero-order valence-electron chi connectivity index (χ0n) is 13.2. The zero-order valence-corrected chi connectivity index (χ0v) is 14.1. The Kier molecular flexibility index (Phi) is 3.96. The minimum absolute atomic E-state index is 0.223. The topological polar surface area (TPSA) is 29.0 Å². The molecule has 0 aliphatic heterocycles. The molecule has 120 valence electrons. The van der Waals surface area contributed by atoms with Gasteiger partial charge < -0.3 is 0 Å². The van der Waals surface area contributed by atoms with Crippen molar-refractivity contribution in [2.45, 2.75) is 13.1 Å². The molecule has 0 fully saturated rings. The van der Waals surface area contributed by atoms with Crippen molar-refractivity contribution in [1.29, 1.82) is 0 Å². The van der Waals surface area contributed by atoms with Gasteiger partial charge in [-0.25, -0.2) is 9.37 Å². The average Bonchev–Trinajstić information content (AvgIpc) is 2.96. The summed E-state index contributed by atoms with van der Waals surface area (Å²) < 4.78 is 15.1. The molecule has 0 aliphatic rings. The molecule has 0 atom stereocenters. The minimum atomic E-state index is -0.223. The monoisotopic (exact) mass is 337 g/mol. The molecule has 2 aromatic heterocycles. The van der Waals surface area contributed by atoms with E-state index < -0.39 is 0 Å². The fourth-order valence-corrected chi connectivity index (χ4v) is 3.96. The highest BCUT2D eigenvalue weighted by Crippen LogP contribution is 2.24. The fourth-order valence-electron chi connectivity index (χ4n) is 2.91. The summed E-state index contributed by atoms with van der Waals surface area (Å²) >= 11 is 1.70. The first kappa shape index (κ1) is 15.2. The van der Waals surface area contributed by atoms with Crippen LogP contribution >= 0.6 is 11.3 Å². The number of halogens is 1. The van der Waals surface area contributed by atoms with Crippen LogP contribution in [0.25, 0.3) is 21.1 Å². The molecule has 4 rings (SSSR count). The number of thiazole rings is 1. The third-order valence-electron chi connectivity index (χ3n) is 3.93. The van der Waals surface area contributed by atoms with Crippen LogP contribution in [0.15, 0.2) is 54.7 Å². The van der Waals surface area contributed by atoms with Crippen molar-refractivity contribution in [1.82, 2.24) is 14.9 Å². The van der Waals surface area contributed by atoms with E-state index >= 15 is 0 Å². The van der Waals surface area contributed by atoms with Gasteiger partial charge in [-0.1, -0.05) is 18.2 Å². The van der Waals surface area contributed by atoms with E-state index in [1.165, 1.54) is 10.8 Å². The Labute approximate surface area is 143 Å². The standard InChI is InChI=1S/C19H16FN3S/c1-23(12-18-22-16-6-2-3-7-17(16)24-18)11-14-10-15(20)9-13-5-4-8-21-19(13)14/h2-10H,11-12H2,1H3. The molecule has 3 nitrogen and oxygen atoms in total. The van der Waals surface area contributed by atoms with Crippen LogP contribution in [-0.4, -0.2) is 21.9 Å². The summed E-state index contributed by atoms with van der Waals surface area (Å²) in [5, 5.41) is 1.90. The van der Waals surface area contributed by atoms with E-state index in [9.17, 15) is 4.39 Å². The summed E-state index contributed by atoms with van der Waals surface area (Å²) in [6.45, 7) is 1.35. The molecule has 2 aromatic carbocycles. The minimum Gasteiger partial charge on any atom is -0.295 e. The van der Waals surface area contributed by atoms with Crippen molar-refractivity contribution in [3.8, 4) is 0 Å². The summed E-state index contributed by atoms with van der Waals surface area (Å²) in [5.74, 6) is -0.223. The first-order chi connectivity index (χ1) is 11.7. The van der Waals surface area contributed by atoms with Crippen LogP contribution in [0.4, 0.5) is 4.39 Å². The van der Waals surface area contributed by atoms with Gasteiger partial charge in [0.15, 0.2) is 0 Å². The summed E-state index contributed by atoms with van der Waals surface area (Å²) in [6, 6.07) is 15.0. The number of aromatic nitrogens is 2. The predicted octanol–water partition coefficient (Wildman–Crippen LogP) is 4.62. The molecule has 0 saturated carbocycles. The Morgan fingerprint density at radius 2 is 1.96 bits per heavy atom. The molecule has 0 bridgehead atoms. The number of hydrogen-bond acceptors (Lipinski definition) is 4. The van der Waals surface area contributed by atoms with Gasteiger partial charge in [0.1, 0.15) is 10.8 Å². The second kappa shape index (κ2) is 6.26. The lowest BCUT2D eigenvalue weighted by Crippen LogP contribution is -2.17. The van der Waals surface area contributed by atoms with E-state index in [4.69, 9.17) is 0 Å². The van der Waals surface area contributed by atoms with E-state index in [0.29, 0.717) is 6.54 Å². The predicted molar refractivity (Wildman–Crippen MR) is 96.5 cm³/mol. The normalized spacial score (nSPS) is 11.6. The number of fused-ring (bicyclic) bond motifs is 2. The number of pyridine rings is 1. The molecule has 0 amide bonds. The van der Waals surface area contributed by atoms with E-state index in [1.807, 2.05) is 37.4 Å². The Hall–Kier alpha value is -2.37. The van der Waals surface area contributed by atoms with Gasteiger partial charge in [0.25, 0.3) is 0 Å². The van der Waals surface area contributed by atoms with E-state index in [-0.39, 0.29) is 5.82 Å². The number of hydrogen-bond donors (Lipinski definition) is 0. The lowest BCUT2D eigenvalue weighted by molar-refractivity contribution is 0.319. The Bertz CT molecular complexity index is 979. The maximum absolute atomic E-state index is 13.9. The lowest BCUT2D eigenvalue weighted by Gasteiger charge is -2.16. The van der Waals surface area contributed by atoms with Crippen LogP contribution in [0, 0.1) is 5.82 Å². The van der Waals surface area contributed by atoms with Crippen LogP contribution in [0.2, 0.25) is 0 Å². The van der Waals surface area contributed by atoms with Crippen LogP contribution in [0.3, 0.4) is 0 Å². The SMILES string of the molecule is CN(Cc1nc2ccccc2s1)Cc1cc(F)cc2cccnc12. The molecule has 0 radical (unpaired) electrons. The molecule has 0 aliphatic carbocycles. The molecule has 4 aromatic rings. The summed E-state index contributed by atoms with van der Waals surface area (Å²) in [6.07, 6.45) is 1.75. The zero-order chi connectivity index (χ0) is 16.5. The van der Waals surface area contributed by atoms with Gasteiger partial charge in [0.2, 0.25) is 0 Å². The Morgan fingerprint density at radius 1 is 1.08 bits per heavy atom. The van der Waals surface area contributed by atoms with Crippen molar-refractivity contribution in [2.75, 3.05) is 7.05 Å². The van der Waals surface area contributed by atoms with Crippen molar-refractivity contribution in [3.05, 3.63) is 71.1 Å². The van der Waals surface area contributed by atoms with E-state index in [1.54, 1.807) is 23.6 Å². The van der Waals surface area contributed by atoms with Gasteiger partial charge in [-0.2, -0.15) is 0 Å². The van der Waals surface area contributed by atoms with Gasteiger partial charge in [-0.15, -0.1) is 11.3 Å². The fraction of sp³-hybridized carbons (Fsp3) is 0.158. The van der Waals surface area contributed by atoms with Crippen molar-refractivity contribution >= 4 is 32.5 Å². The molecular formula is C19H16FN3S. The van der Waals surface area contributed by atoms with Crippen molar-refractivity contribution < 1.29 is 4.39 Å². The third kappa shape index (κ3) is 3.00. The van der Waals surface area contributed by atoms with Gasteiger partial charge in [0, 0.05) is 18.1 Å². The Balaban J connectivity index is 1.58. The number of rotatable bonds is 4. The van der Waals surface area contributed by atoms with Gasteiger partial charge >= 0.3 is 0 Å². The maximum atomic E-state index is 13.9. The second-order valence-electron chi connectivity index (χ2n) is 5.89. The largest absolute Gasteiger partial charge is 0.295 e. The summed E-state index contributed by atoms with van der Waals surface area (Å²) in [4.78, 5) is 11.2. The number of benzene rings is 2. The molecule has 0 spiro atoms. The average molecular weight is 337 g/mol. The molecule has 0 N–H and O–H groups in total. The van der Waals surface area contributed by atoms with Crippen LogP contribution in [-0.2, 0) is 13.1 Å². The van der Waals surface area contributed by atoms with Crippen molar-refractivity contribution in [2.24, 2.45) is 0 Å². The number of para-hydroxylation sites is 1. The lowest BCUT2D eigenvalue weighted by atomic mass is 10.1. The highest BCUT2D eigenvalue weighted by atomic mass is 32.1. The smallest absolute Gasteiger partial charge is 0.124 e. The van der Waals surface area contributed by atoms with Crippen LogP contribution < -0.4 is 0 Å². The van der Waals surface area contributed by atoms with E-state index in [0.717, 1.165) is 33.5 Å². The first-order valence-electron chi connectivity index (χ1n) is 7.75. The second-order valence-corrected chi connectivity index (χ2v) is 7.00. The first-order valence-corrected chi connectivity index (χ1v) is 8.57. The highest BCUT2D eigenvalue weighted by Gasteiger charge is 2.11. The molecule has 0 saturated heterocycles. The van der Waals surface area contributed by atoms with Gasteiger partial charge in [-0.3, -0.25) is 9.88 Å². The highest BCUT2D eigenvalue weighted by molar-refractivity contribution is 7.18.